The molecule has 1 saturated carbocycles. The van der Waals surface area contributed by atoms with Crippen LogP contribution in [0.15, 0.2) is 36.5 Å². The van der Waals surface area contributed by atoms with Crippen LogP contribution in [0.25, 0.3) is 5.78 Å². The zero-order chi connectivity index (χ0) is 18.8. The van der Waals surface area contributed by atoms with Gasteiger partial charge in [-0.1, -0.05) is 31.4 Å². The van der Waals surface area contributed by atoms with Gasteiger partial charge in [-0.25, -0.2) is 13.9 Å². The average molecular weight is 367 g/mol. The van der Waals surface area contributed by atoms with Crippen LogP contribution in [-0.2, 0) is 6.54 Å². The summed E-state index contributed by atoms with van der Waals surface area (Å²) in [7, 11) is 0. The van der Waals surface area contributed by atoms with E-state index in [9.17, 15) is 9.18 Å². The number of amides is 1. The number of carbonyl (C=O) groups excluding carboxylic acids is 1. The van der Waals surface area contributed by atoms with E-state index < -0.39 is 0 Å². The van der Waals surface area contributed by atoms with Crippen molar-refractivity contribution in [3.63, 3.8) is 0 Å². The summed E-state index contributed by atoms with van der Waals surface area (Å²) in [4.78, 5) is 23.6. The second kappa shape index (κ2) is 7.42. The van der Waals surface area contributed by atoms with Crippen LogP contribution < -0.4 is 0 Å². The number of fused-ring (bicyclic) bond motifs is 1. The minimum absolute atomic E-state index is 0.150. The Balaban J connectivity index is 1.66. The summed E-state index contributed by atoms with van der Waals surface area (Å²) in [6.07, 6.45) is 7.01. The zero-order valence-corrected chi connectivity index (χ0v) is 15.3. The van der Waals surface area contributed by atoms with E-state index >= 15 is 0 Å². The Morgan fingerprint density at radius 2 is 1.93 bits per heavy atom. The van der Waals surface area contributed by atoms with Crippen molar-refractivity contribution in [3.05, 3.63) is 59.4 Å². The third-order valence-corrected chi connectivity index (χ3v) is 5.16. The van der Waals surface area contributed by atoms with E-state index in [-0.39, 0.29) is 23.6 Å². The van der Waals surface area contributed by atoms with Crippen LogP contribution in [0.4, 0.5) is 4.39 Å². The van der Waals surface area contributed by atoms with Gasteiger partial charge >= 0.3 is 0 Å². The first-order valence-electron chi connectivity index (χ1n) is 9.35. The summed E-state index contributed by atoms with van der Waals surface area (Å²) in [6, 6.07) is 8.28. The van der Waals surface area contributed by atoms with E-state index in [1.54, 1.807) is 22.8 Å². The van der Waals surface area contributed by atoms with E-state index in [1.807, 2.05) is 17.9 Å². The molecule has 1 aliphatic rings. The molecule has 0 saturated heterocycles. The smallest absolute Gasteiger partial charge is 0.294 e. The Labute approximate surface area is 157 Å². The molecule has 0 unspecified atom stereocenters. The lowest BCUT2D eigenvalue weighted by atomic mass is 9.93. The van der Waals surface area contributed by atoms with Gasteiger partial charge in [0.15, 0.2) is 0 Å². The van der Waals surface area contributed by atoms with Gasteiger partial charge in [0.2, 0.25) is 5.82 Å². The molecule has 0 atom stereocenters. The summed E-state index contributed by atoms with van der Waals surface area (Å²) in [5.41, 5.74) is 1.77. The summed E-state index contributed by atoms with van der Waals surface area (Å²) < 4.78 is 14.8. The maximum Gasteiger partial charge on any atom is 0.294 e. The number of benzene rings is 1. The Morgan fingerprint density at radius 3 is 2.63 bits per heavy atom. The predicted octanol–water partition coefficient (Wildman–Crippen LogP) is 3.55. The minimum atomic E-state index is -0.280. The molecule has 7 heteroatoms. The number of carbonyl (C=O) groups is 1. The lowest BCUT2D eigenvalue weighted by Gasteiger charge is -2.33. The molecule has 2 heterocycles. The van der Waals surface area contributed by atoms with E-state index in [4.69, 9.17) is 0 Å². The maximum absolute atomic E-state index is 13.3. The molecule has 0 aliphatic heterocycles. The van der Waals surface area contributed by atoms with E-state index in [2.05, 4.69) is 15.1 Å². The Bertz CT molecular complexity index is 947. The fourth-order valence-electron chi connectivity index (χ4n) is 3.67. The van der Waals surface area contributed by atoms with E-state index in [0.717, 1.165) is 36.9 Å². The summed E-state index contributed by atoms with van der Waals surface area (Å²) in [5.74, 6) is 0.0993. The monoisotopic (exact) mass is 367 g/mol. The second-order valence-corrected chi connectivity index (χ2v) is 7.08. The maximum atomic E-state index is 13.3. The fourth-order valence-corrected chi connectivity index (χ4v) is 3.67. The largest absolute Gasteiger partial charge is 0.329 e. The van der Waals surface area contributed by atoms with Crippen molar-refractivity contribution < 1.29 is 9.18 Å². The molecule has 4 rings (SSSR count). The van der Waals surface area contributed by atoms with Gasteiger partial charge in [-0.3, -0.25) is 4.79 Å². The topological polar surface area (TPSA) is 63.4 Å². The summed E-state index contributed by atoms with van der Waals surface area (Å²) in [5, 5.41) is 4.38. The third kappa shape index (κ3) is 3.67. The van der Waals surface area contributed by atoms with Crippen molar-refractivity contribution in [3.8, 4) is 0 Å². The summed E-state index contributed by atoms with van der Waals surface area (Å²) >= 11 is 0. The van der Waals surface area contributed by atoms with Crippen molar-refractivity contribution >= 4 is 11.7 Å². The Morgan fingerprint density at radius 1 is 1.19 bits per heavy atom. The van der Waals surface area contributed by atoms with Crippen LogP contribution in [-0.4, -0.2) is 36.4 Å². The first-order chi connectivity index (χ1) is 13.1. The molecule has 1 amide bonds. The highest BCUT2D eigenvalue weighted by atomic mass is 19.1. The van der Waals surface area contributed by atoms with Gasteiger partial charge < -0.3 is 4.90 Å². The Hall–Kier alpha value is -2.83. The van der Waals surface area contributed by atoms with Crippen LogP contribution in [0.1, 0.15) is 54.0 Å². The van der Waals surface area contributed by atoms with Gasteiger partial charge in [0.1, 0.15) is 5.82 Å². The first-order valence-corrected chi connectivity index (χ1v) is 9.35. The van der Waals surface area contributed by atoms with Crippen molar-refractivity contribution in [2.75, 3.05) is 0 Å². The first kappa shape index (κ1) is 17.6. The van der Waals surface area contributed by atoms with Crippen LogP contribution in [0.3, 0.4) is 0 Å². The highest BCUT2D eigenvalue weighted by molar-refractivity contribution is 5.91. The van der Waals surface area contributed by atoms with Crippen LogP contribution in [0.5, 0.6) is 0 Å². The number of aromatic nitrogens is 4. The van der Waals surface area contributed by atoms with Crippen LogP contribution >= 0.6 is 0 Å². The van der Waals surface area contributed by atoms with Gasteiger partial charge in [0, 0.05) is 24.5 Å². The number of hydrogen-bond donors (Lipinski definition) is 0. The molecular weight excluding hydrogens is 345 g/mol. The minimum Gasteiger partial charge on any atom is -0.329 e. The molecule has 0 spiro atoms. The number of rotatable bonds is 4. The molecular formula is C20H22FN5O. The number of halogens is 1. The lowest BCUT2D eigenvalue weighted by molar-refractivity contribution is 0.0602. The average Bonchev–Trinajstić information content (AvgIpc) is 3.13. The zero-order valence-electron chi connectivity index (χ0n) is 15.3. The third-order valence-electron chi connectivity index (χ3n) is 5.16. The normalized spacial score (nSPS) is 15.2. The SMILES string of the molecule is Cc1ccnc2nc(C(=O)N(Cc3ccc(F)cc3)C3CCCCC3)nn12. The molecule has 3 aromatic rings. The van der Waals surface area contributed by atoms with Crippen molar-refractivity contribution in [2.45, 2.75) is 51.6 Å². The fraction of sp³-hybridized carbons (Fsp3) is 0.400. The molecule has 0 radical (unpaired) electrons. The molecule has 0 N–H and O–H groups in total. The van der Waals surface area contributed by atoms with Gasteiger partial charge in [-0.15, -0.1) is 5.10 Å². The highest BCUT2D eigenvalue weighted by Gasteiger charge is 2.29. The summed E-state index contributed by atoms with van der Waals surface area (Å²) in [6.45, 7) is 2.32. The predicted molar refractivity (Wildman–Crippen MR) is 98.7 cm³/mol. The highest BCUT2D eigenvalue weighted by Crippen LogP contribution is 2.25. The van der Waals surface area contributed by atoms with Gasteiger partial charge in [-0.2, -0.15) is 4.98 Å². The molecule has 2 aromatic heterocycles. The van der Waals surface area contributed by atoms with Gasteiger partial charge in [0.05, 0.1) is 0 Å². The van der Waals surface area contributed by atoms with E-state index in [0.29, 0.717) is 12.3 Å². The van der Waals surface area contributed by atoms with Crippen LogP contribution in [0, 0.1) is 12.7 Å². The number of hydrogen-bond acceptors (Lipinski definition) is 4. The number of aryl methyl sites for hydroxylation is 1. The molecule has 1 aromatic carbocycles. The molecule has 1 aliphatic carbocycles. The quantitative estimate of drug-likeness (QED) is 0.707. The molecule has 1 fully saturated rings. The molecule has 0 bridgehead atoms. The van der Waals surface area contributed by atoms with Crippen molar-refractivity contribution in [1.82, 2.24) is 24.5 Å². The standard InChI is InChI=1S/C20H22FN5O/c1-14-11-12-22-20-23-18(24-26(14)20)19(27)25(17-5-3-2-4-6-17)13-15-7-9-16(21)10-8-15/h7-12,17H,2-6,13H2,1H3. The number of nitrogens with zero attached hydrogens (tertiary/aromatic N) is 5. The second-order valence-electron chi connectivity index (χ2n) is 7.08. The Kier molecular flexibility index (Phi) is 4.83. The molecule has 6 nitrogen and oxygen atoms in total. The van der Waals surface area contributed by atoms with E-state index in [1.165, 1.54) is 18.6 Å². The van der Waals surface area contributed by atoms with Gasteiger partial charge in [-0.05, 0) is 43.5 Å². The molecule has 140 valence electrons. The van der Waals surface area contributed by atoms with Crippen molar-refractivity contribution in [2.24, 2.45) is 0 Å². The van der Waals surface area contributed by atoms with Crippen molar-refractivity contribution in [1.29, 1.82) is 0 Å². The lowest BCUT2D eigenvalue weighted by Crippen LogP contribution is -2.41. The molecule has 27 heavy (non-hydrogen) atoms. The van der Waals surface area contributed by atoms with Gasteiger partial charge in [0.25, 0.3) is 11.7 Å². The van der Waals surface area contributed by atoms with Crippen LogP contribution in [0.2, 0.25) is 0 Å².